The lowest BCUT2D eigenvalue weighted by molar-refractivity contribution is 0.300. The van der Waals surface area contributed by atoms with Crippen LogP contribution in [0.15, 0.2) is 48.8 Å². The fourth-order valence-corrected chi connectivity index (χ4v) is 3.49. The maximum absolute atomic E-state index is 5.97. The summed E-state index contributed by atoms with van der Waals surface area (Å²) in [5.74, 6) is 2.00. The minimum Gasteiger partial charge on any atom is -0.493 e. The van der Waals surface area contributed by atoms with Gasteiger partial charge in [0.2, 0.25) is 0 Å². The zero-order valence-corrected chi connectivity index (χ0v) is 17.1. The van der Waals surface area contributed by atoms with Gasteiger partial charge in [-0.25, -0.2) is 9.97 Å². The molecule has 28 heavy (non-hydrogen) atoms. The molecule has 0 atom stereocenters. The number of para-hydroxylation sites is 2. The van der Waals surface area contributed by atoms with Gasteiger partial charge in [-0.15, -0.1) is 0 Å². The second-order valence-corrected chi connectivity index (χ2v) is 7.36. The van der Waals surface area contributed by atoms with Gasteiger partial charge in [0.1, 0.15) is 17.9 Å². The highest BCUT2D eigenvalue weighted by Gasteiger charge is 2.03. The largest absolute Gasteiger partial charge is 0.493 e. The molecule has 1 heterocycles. The van der Waals surface area contributed by atoms with Crippen LogP contribution in [0.2, 0.25) is 0 Å². The topological polar surface area (TPSA) is 47.0 Å². The van der Waals surface area contributed by atoms with Crippen LogP contribution in [0.5, 0.6) is 5.75 Å². The van der Waals surface area contributed by atoms with E-state index in [4.69, 9.17) is 4.74 Å². The number of benzene rings is 2. The average molecular weight is 378 g/mol. The Labute approximate surface area is 168 Å². The van der Waals surface area contributed by atoms with Gasteiger partial charge in [0, 0.05) is 11.9 Å². The molecule has 3 aromatic rings. The molecular formula is C24H31N3O. The first-order valence-electron chi connectivity index (χ1n) is 10.4. The fourth-order valence-electron chi connectivity index (χ4n) is 3.49. The lowest BCUT2D eigenvalue weighted by Gasteiger charge is -2.11. The van der Waals surface area contributed by atoms with E-state index in [1.165, 1.54) is 36.8 Å². The van der Waals surface area contributed by atoms with Gasteiger partial charge >= 0.3 is 0 Å². The Bertz CT molecular complexity index is 853. The molecule has 0 aliphatic carbocycles. The quantitative estimate of drug-likeness (QED) is 0.411. The SMILES string of the molecule is Cc1cccc(C)c1OCCCCCCCCNc1ncnc2ccccc12. The van der Waals surface area contributed by atoms with Gasteiger partial charge in [0.05, 0.1) is 12.1 Å². The van der Waals surface area contributed by atoms with E-state index in [-0.39, 0.29) is 0 Å². The third-order valence-corrected chi connectivity index (χ3v) is 5.06. The molecular weight excluding hydrogens is 346 g/mol. The average Bonchev–Trinajstić information content (AvgIpc) is 2.71. The molecule has 4 nitrogen and oxygen atoms in total. The molecule has 1 aromatic heterocycles. The molecule has 0 saturated heterocycles. The lowest BCUT2D eigenvalue weighted by atomic mass is 10.1. The molecule has 0 bridgehead atoms. The van der Waals surface area contributed by atoms with Crippen LogP contribution >= 0.6 is 0 Å². The predicted octanol–water partition coefficient (Wildman–Crippen LogP) is 6.08. The standard InChI is InChI=1S/C24H31N3O/c1-19-12-11-13-20(2)23(19)28-17-10-6-4-3-5-9-16-25-24-21-14-7-8-15-22(21)26-18-27-24/h7-8,11-15,18H,3-6,9-10,16-17H2,1-2H3,(H,25,26,27). The number of aryl methyl sites for hydroxylation is 2. The number of rotatable bonds is 11. The van der Waals surface area contributed by atoms with Crippen molar-refractivity contribution in [2.75, 3.05) is 18.5 Å². The van der Waals surface area contributed by atoms with Crippen LogP contribution in [0.4, 0.5) is 5.82 Å². The smallest absolute Gasteiger partial charge is 0.137 e. The van der Waals surface area contributed by atoms with E-state index in [1.54, 1.807) is 6.33 Å². The highest BCUT2D eigenvalue weighted by atomic mass is 16.5. The maximum atomic E-state index is 5.97. The first-order chi connectivity index (χ1) is 13.8. The number of hydrogen-bond donors (Lipinski definition) is 1. The van der Waals surface area contributed by atoms with Gasteiger partial charge < -0.3 is 10.1 Å². The summed E-state index contributed by atoms with van der Waals surface area (Å²) in [6.45, 7) is 5.99. The van der Waals surface area contributed by atoms with Crippen molar-refractivity contribution in [3.8, 4) is 5.75 Å². The molecule has 1 N–H and O–H groups in total. The Hall–Kier alpha value is -2.62. The molecule has 0 aliphatic rings. The summed E-state index contributed by atoms with van der Waals surface area (Å²) in [5.41, 5.74) is 3.44. The van der Waals surface area contributed by atoms with Crippen molar-refractivity contribution in [1.82, 2.24) is 9.97 Å². The molecule has 4 heteroatoms. The van der Waals surface area contributed by atoms with Gasteiger partial charge in [0.15, 0.2) is 0 Å². The summed E-state index contributed by atoms with van der Waals surface area (Å²) in [7, 11) is 0. The van der Waals surface area contributed by atoms with Gasteiger partial charge in [-0.2, -0.15) is 0 Å². The number of anilines is 1. The number of aromatic nitrogens is 2. The van der Waals surface area contributed by atoms with E-state index in [0.29, 0.717) is 0 Å². The Kier molecular flexibility index (Phi) is 7.65. The molecule has 0 radical (unpaired) electrons. The van der Waals surface area contributed by atoms with E-state index in [0.717, 1.165) is 48.5 Å². The van der Waals surface area contributed by atoms with E-state index in [9.17, 15) is 0 Å². The van der Waals surface area contributed by atoms with Gasteiger partial charge in [0.25, 0.3) is 0 Å². The van der Waals surface area contributed by atoms with Gasteiger partial charge in [-0.05, 0) is 49.9 Å². The highest BCUT2D eigenvalue weighted by molar-refractivity contribution is 5.88. The van der Waals surface area contributed by atoms with Crippen LogP contribution in [-0.2, 0) is 0 Å². The second-order valence-electron chi connectivity index (χ2n) is 7.36. The van der Waals surface area contributed by atoms with Crippen molar-refractivity contribution in [1.29, 1.82) is 0 Å². The van der Waals surface area contributed by atoms with Crippen molar-refractivity contribution in [2.45, 2.75) is 52.4 Å². The van der Waals surface area contributed by atoms with Crippen LogP contribution in [0.25, 0.3) is 10.9 Å². The molecule has 0 unspecified atom stereocenters. The third-order valence-electron chi connectivity index (χ3n) is 5.06. The van der Waals surface area contributed by atoms with Crippen LogP contribution in [0, 0.1) is 13.8 Å². The Balaban J connectivity index is 1.25. The summed E-state index contributed by atoms with van der Waals surface area (Å²) in [6, 6.07) is 14.4. The van der Waals surface area contributed by atoms with Crippen LogP contribution in [-0.4, -0.2) is 23.1 Å². The Morgan fingerprint density at radius 1 is 0.786 bits per heavy atom. The molecule has 2 aromatic carbocycles. The van der Waals surface area contributed by atoms with Crippen LogP contribution < -0.4 is 10.1 Å². The first kappa shape index (κ1) is 20.1. The monoisotopic (exact) mass is 377 g/mol. The maximum Gasteiger partial charge on any atom is 0.137 e. The Morgan fingerprint density at radius 2 is 1.50 bits per heavy atom. The highest BCUT2D eigenvalue weighted by Crippen LogP contribution is 2.22. The first-order valence-corrected chi connectivity index (χ1v) is 10.4. The predicted molar refractivity (Wildman–Crippen MR) is 117 cm³/mol. The molecule has 0 aliphatic heterocycles. The molecule has 0 spiro atoms. The van der Waals surface area contributed by atoms with E-state index < -0.39 is 0 Å². The minimum atomic E-state index is 0.814. The molecule has 0 saturated carbocycles. The van der Waals surface area contributed by atoms with Crippen LogP contribution in [0.3, 0.4) is 0 Å². The van der Waals surface area contributed by atoms with E-state index in [2.05, 4.69) is 53.4 Å². The molecule has 3 rings (SSSR count). The summed E-state index contributed by atoms with van der Waals surface area (Å²) in [6.07, 6.45) is 8.94. The van der Waals surface area contributed by atoms with E-state index >= 15 is 0 Å². The summed E-state index contributed by atoms with van der Waals surface area (Å²) in [4.78, 5) is 8.68. The molecule has 0 amide bonds. The summed E-state index contributed by atoms with van der Waals surface area (Å²) >= 11 is 0. The van der Waals surface area contributed by atoms with E-state index in [1.807, 2.05) is 18.2 Å². The third kappa shape index (κ3) is 5.69. The van der Waals surface area contributed by atoms with Crippen molar-refractivity contribution in [2.24, 2.45) is 0 Å². The van der Waals surface area contributed by atoms with Crippen molar-refractivity contribution < 1.29 is 4.74 Å². The molecule has 0 fully saturated rings. The number of nitrogens with one attached hydrogen (secondary N) is 1. The normalized spacial score (nSPS) is 10.9. The zero-order valence-electron chi connectivity index (χ0n) is 17.1. The van der Waals surface area contributed by atoms with Crippen molar-refractivity contribution in [3.63, 3.8) is 0 Å². The zero-order chi connectivity index (χ0) is 19.6. The number of unbranched alkanes of at least 4 members (excludes halogenated alkanes) is 5. The van der Waals surface area contributed by atoms with Gasteiger partial charge in [-0.3, -0.25) is 0 Å². The lowest BCUT2D eigenvalue weighted by Crippen LogP contribution is -2.04. The summed E-state index contributed by atoms with van der Waals surface area (Å²) in [5, 5.41) is 4.55. The van der Waals surface area contributed by atoms with Gasteiger partial charge in [-0.1, -0.05) is 56.0 Å². The fraction of sp³-hybridized carbons (Fsp3) is 0.417. The summed E-state index contributed by atoms with van der Waals surface area (Å²) < 4.78 is 5.97. The Morgan fingerprint density at radius 3 is 2.32 bits per heavy atom. The van der Waals surface area contributed by atoms with Crippen molar-refractivity contribution >= 4 is 16.7 Å². The number of nitrogens with zero attached hydrogens (tertiary/aromatic N) is 2. The second kappa shape index (κ2) is 10.6. The number of hydrogen-bond acceptors (Lipinski definition) is 4. The number of ether oxygens (including phenoxy) is 1. The van der Waals surface area contributed by atoms with Crippen LogP contribution in [0.1, 0.15) is 49.7 Å². The number of fused-ring (bicyclic) bond motifs is 1. The van der Waals surface area contributed by atoms with Crippen molar-refractivity contribution in [3.05, 3.63) is 59.9 Å². The minimum absolute atomic E-state index is 0.814. The molecule has 148 valence electrons.